The van der Waals surface area contributed by atoms with Crippen molar-refractivity contribution in [2.75, 3.05) is 26.2 Å². The second-order valence-corrected chi connectivity index (χ2v) is 8.33. The van der Waals surface area contributed by atoms with E-state index in [0.29, 0.717) is 23.7 Å². The maximum Gasteiger partial charge on any atom is 0.295 e. The summed E-state index contributed by atoms with van der Waals surface area (Å²) in [6.45, 7) is 10.7. The molecule has 31 heavy (non-hydrogen) atoms. The molecule has 1 heterocycles. The van der Waals surface area contributed by atoms with E-state index in [0.717, 1.165) is 29.8 Å². The Bertz CT molecular complexity index is 1010. The standard InChI is InChI=1S/C25H29ClN2O3/c1-5-27(6-2)13-14-28-22(18-9-11-19(26)12-10-18)21(24(30)25(28)31)23(29)20-15-16(3)7-8-17(20)4/h7-12,15,22,29H,5-6,13-14H2,1-4H3/b23-21+. The third kappa shape index (κ3) is 4.68. The lowest BCUT2D eigenvalue weighted by atomic mass is 9.93. The van der Waals surface area contributed by atoms with Gasteiger partial charge in [0.25, 0.3) is 11.7 Å². The second-order valence-electron chi connectivity index (χ2n) is 7.89. The van der Waals surface area contributed by atoms with E-state index in [4.69, 9.17) is 11.6 Å². The van der Waals surface area contributed by atoms with Crippen molar-refractivity contribution in [3.05, 3.63) is 75.3 Å². The smallest absolute Gasteiger partial charge is 0.295 e. The fourth-order valence-electron chi connectivity index (χ4n) is 4.03. The number of nitrogens with zero attached hydrogens (tertiary/aromatic N) is 2. The van der Waals surface area contributed by atoms with Crippen LogP contribution < -0.4 is 0 Å². The van der Waals surface area contributed by atoms with Crippen molar-refractivity contribution >= 4 is 29.1 Å². The SMILES string of the molecule is CCN(CC)CCN1C(=O)C(=O)/C(=C(/O)c2cc(C)ccc2C)C1c1ccc(Cl)cc1. The van der Waals surface area contributed by atoms with Gasteiger partial charge in [-0.2, -0.15) is 0 Å². The first-order chi connectivity index (χ1) is 14.8. The van der Waals surface area contributed by atoms with Crippen LogP contribution in [-0.4, -0.2) is 52.8 Å². The molecule has 164 valence electrons. The molecule has 0 saturated carbocycles. The van der Waals surface area contributed by atoms with Crippen LogP contribution in [0.15, 0.2) is 48.0 Å². The van der Waals surface area contributed by atoms with Crippen molar-refractivity contribution in [2.24, 2.45) is 0 Å². The zero-order valence-corrected chi connectivity index (χ0v) is 19.2. The minimum atomic E-state index is -0.659. The molecule has 1 aliphatic rings. The van der Waals surface area contributed by atoms with Gasteiger partial charge in [-0.3, -0.25) is 9.59 Å². The maximum atomic E-state index is 13.1. The summed E-state index contributed by atoms with van der Waals surface area (Å²) in [6.07, 6.45) is 0. The summed E-state index contributed by atoms with van der Waals surface area (Å²) in [4.78, 5) is 29.9. The number of hydrogen-bond donors (Lipinski definition) is 1. The van der Waals surface area contributed by atoms with E-state index in [1.165, 1.54) is 0 Å². The molecule has 1 unspecified atom stereocenters. The van der Waals surface area contributed by atoms with Crippen molar-refractivity contribution in [3.63, 3.8) is 0 Å². The number of halogens is 1. The van der Waals surface area contributed by atoms with Gasteiger partial charge in [-0.25, -0.2) is 0 Å². The van der Waals surface area contributed by atoms with Crippen molar-refractivity contribution < 1.29 is 14.7 Å². The number of likely N-dealkylation sites (N-methyl/N-ethyl adjacent to an activating group) is 1. The largest absolute Gasteiger partial charge is 0.507 e. The third-order valence-corrected chi connectivity index (χ3v) is 6.18. The molecule has 1 N–H and O–H groups in total. The Morgan fingerprint density at radius 1 is 1.06 bits per heavy atom. The topological polar surface area (TPSA) is 60.9 Å². The van der Waals surface area contributed by atoms with Gasteiger partial charge in [-0.15, -0.1) is 0 Å². The van der Waals surface area contributed by atoms with Crippen LogP contribution in [0.25, 0.3) is 5.76 Å². The molecule has 0 aromatic heterocycles. The Labute approximate surface area is 188 Å². The third-order valence-electron chi connectivity index (χ3n) is 5.93. The number of hydrogen-bond acceptors (Lipinski definition) is 4. The van der Waals surface area contributed by atoms with Gasteiger partial charge in [-0.05, 0) is 56.3 Å². The van der Waals surface area contributed by atoms with Crippen molar-refractivity contribution in [3.8, 4) is 0 Å². The van der Waals surface area contributed by atoms with Crippen LogP contribution in [0.3, 0.4) is 0 Å². The zero-order chi connectivity index (χ0) is 22.7. The van der Waals surface area contributed by atoms with Crippen LogP contribution >= 0.6 is 11.6 Å². The summed E-state index contributed by atoms with van der Waals surface area (Å²) in [5.41, 5.74) is 3.24. The number of ketones is 1. The number of aryl methyl sites for hydroxylation is 2. The molecule has 6 heteroatoms. The van der Waals surface area contributed by atoms with Crippen LogP contribution in [0.1, 0.15) is 42.1 Å². The van der Waals surface area contributed by atoms with Gasteiger partial charge in [0.1, 0.15) is 5.76 Å². The predicted octanol–water partition coefficient (Wildman–Crippen LogP) is 4.72. The first-order valence-corrected chi connectivity index (χ1v) is 11.0. The lowest BCUT2D eigenvalue weighted by molar-refractivity contribution is -0.140. The molecule has 2 aromatic carbocycles. The van der Waals surface area contributed by atoms with Crippen LogP contribution in [0.5, 0.6) is 0 Å². The van der Waals surface area contributed by atoms with Gasteiger partial charge in [0.05, 0.1) is 11.6 Å². The molecule has 0 spiro atoms. The van der Waals surface area contributed by atoms with Crippen LogP contribution in [0.2, 0.25) is 5.02 Å². The number of carbonyl (C=O) groups excluding carboxylic acids is 2. The fourth-order valence-corrected chi connectivity index (χ4v) is 4.15. The van der Waals surface area contributed by atoms with E-state index in [-0.39, 0.29) is 11.3 Å². The fraction of sp³-hybridized carbons (Fsp3) is 0.360. The molecule has 3 rings (SSSR count). The molecular formula is C25H29ClN2O3. The molecule has 1 saturated heterocycles. The molecule has 1 aliphatic heterocycles. The lowest BCUT2D eigenvalue weighted by Gasteiger charge is -2.28. The number of aliphatic hydroxyl groups excluding tert-OH is 1. The molecule has 0 radical (unpaired) electrons. The predicted molar refractivity (Wildman–Crippen MR) is 124 cm³/mol. The molecule has 2 aromatic rings. The van der Waals surface area contributed by atoms with Gasteiger partial charge in [0.15, 0.2) is 0 Å². The van der Waals surface area contributed by atoms with Gasteiger partial charge >= 0.3 is 0 Å². The van der Waals surface area contributed by atoms with E-state index in [1.807, 2.05) is 32.0 Å². The molecule has 1 fully saturated rings. The number of rotatable bonds is 7. The Morgan fingerprint density at radius 2 is 1.71 bits per heavy atom. The number of Topliss-reactive ketones (excluding diaryl/α,β-unsaturated/α-hetero) is 1. The zero-order valence-electron chi connectivity index (χ0n) is 18.5. The van der Waals surface area contributed by atoms with Gasteiger partial charge in [0.2, 0.25) is 0 Å². The first-order valence-electron chi connectivity index (χ1n) is 10.6. The number of benzene rings is 2. The first kappa shape index (κ1) is 23.0. The second kappa shape index (κ2) is 9.67. The Hall–Kier alpha value is -2.63. The van der Waals surface area contributed by atoms with E-state index in [2.05, 4.69) is 18.7 Å². The summed E-state index contributed by atoms with van der Waals surface area (Å²) in [5.74, 6) is -1.37. The van der Waals surface area contributed by atoms with Crippen molar-refractivity contribution in [2.45, 2.75) is 33.7 Å². The van der Waals surface area contributed by atoms with E-state index in [9.17, 15) is 14.7 Å². The summed E-state index contributed by atoms with van der Waals surface area (Å²) >= 11 is 6.07. The molecule has 5 nitrogen and oxygen atoms in total. The number of carbonyl (C=O) groups is 2. The monoisotopic (exact) mass is 440 g/mol. The van der Waals surface area contributed by atoms with Gasteiger partial charge in [0, 0.05) is 23.7 Å². The summed E-state index contributed by atoms with van der Waals surface area (Å²) in [6, 6.07) is 12.1. The molecule has 0 aliphatic carbocycles. The maximum absolute atomic E-state index is 13.1. The van der Waals surface area contributed by atoms with E-state index in [1.54, 1.807) is 29.2 Å². The molecule has 1 atom stereocenters. The Morgan fingerprint density at radius 3 is 2.32 bits per heavy atom. The minimum Gasteiger partial charge on any atom is -0.507 e. The summed E-state index contributed by atoms with van der Waals surface area (Å²) in [7, 11) is 0. The van der Waals surface area contributed by atoms with Crippen LogP contribution in [-0.2, 0) is 9.59 Å². The highest BCUT2D eigenvalue weighted by atomic mass is 35.5. The number of amides is 1. The van der Waals surface area contributed by atoms with Crippen molar-refractivity contribution in [1.82, 2.24) is 9.80 Å². The van der Waals surface area contributed by atoms with E-state index < -0.39 is 17.7 Å². The highest BCUT2D eigenvalue weighted by Crippen LogP contribution is 2.40. The van der Waals surface area contributed by atoms with E-state index >= 15 is 0 Å². The molecule has 0 bridgehead atoms. The Kier molecular flexibility index (Phi) is 7.19. The highest BCUT2D eigenvalue weighted by Gasteiger charge is 2.46. The highest BCUT2D eigenvalue weighted by molar-refractivity contribution is 6.46. The average molecular weight is 441 g/mol. The number of aliphatic hydroxyl groups is 1. The minimum absolute atomic E-state index is 0.126. The number of likely N-dealkylation sites (tertiary alicyclic amines) is 1. The van der Waals surface area contributed by atoms with Gasteiger partial charge in [-0.1, -0.05) is 55.3 Å². The van der Waals surface area contributed by atoms with Crippen molar-refractivity contribution in [1.29, 1.82) is 0 Å². The normalized spacial score (nSPS) is 18.3. The average Bonchev–Trinajstić information content (AvgIpc) is 3.01. The lowest BCUT2D eigenvalue weighted by Crippen LogP contribution is -2.38. The molecule has 1 amide bonds. The quantitative estimate of drug-likeness (QED) is 0.384. The van der Waals surface area contributed by atoms with Gasteiger partial charge < -0.3 is 14.9 Å². The van der Waals surface area contributed by atoms with Crippen LogP contribution in [0.4, 0.5) is 0 Å². The summed E-state index contributed by atoms with van der Waals surface area (Å²) < 4.78 is 0. The summed E-state index contributed by atoms with van der Waals surface area (Å²) in [5, 5.41) is 11.8. The molecular weight excluding hydrogens is 412 g/mol. The Balaban J connectivity index is 2.13. The van der Waals surface area contributed by atoms with Crippen LogP contribution in [0, 0.1) is 13.8 Å².